The molecule has 0 atom stereocenters. The van der Waals surface area contributed by atoms with E-state index >= 15 is 0 Å². The fourth-order valence-electron chi connectivity index (χ4n) is 10.3. The summed E-state index contributed by atoms with van der Waals surface area (Å²) >= 11 is 0. The van der Waals surface area contributed by atoms with Crippen LogP contribution < -0.4 is 40.4 Å². The highest BCUT2D eigenvalue weighted by Crippen LogP contribution is 2.45. The number of ether oxygens (including phenoxy) is 6. The van der Waals surface area contributed by atoms with Crippen LogP contribution in [-0.4, -0.2) is 72.8 Å². The average Bonchev–Trinajstić information content (AvgIpc) is 4.18. The molecule has 8 aromatic carbocycles. The van der Waals surface area contributed by atoms with Crippen molar-refractivity contribution < 1.29 is 28.4 Å². The third-order valence-corrected chi connectivity index (χ3v) is 13.4. The summed E-state index contributed by atoms with van der Waals surface area (Å²) in [4.78, 5) is 41.5. The van der Waals surface area contributed by atoms with E-state index in [2.05, 4.69) is 24.3 Å². The van der Waals surface area contributed by atoms with Crippen LogP contribution in [0.3, 0.4) is 0 Å². The summed E-state index contributed by atoms with van der Waals surface area (Å²) in [5.41, 5.74) is 16.9. The molecule has 5 aliphatic heterocycles. The first kappa shape index (κ1) is 39.3. The van der Waals surface area contributed by atoms with E-state index < -0.39 is 0 Å². The van der Waals surface area contributed by atoms with Gasteiger partial charge in [-0.05, 0) is 24.3 Å². The molecular weight excluding hydrogens is 881 g/mol. The lowest BCUT2D eigenvalue weighted by molar-refractivity contribution is 0.0641. The number of hydrogen-bond acceptors (Lipinski definition) is 14. The topological polar surface area (TPSA) is 156 Å². The van der Waals surface area contributed by atoms with E-state index in [1.54, 1.807) is 0 Å². The lowest BCUT2D eigenvalue weighted by atomic mass is 9.97. The van der Waals surface area contributed by atoms with E-state index in [1.807, 2.05) is 97.1 Å². The molecule has 0 unspecified atom stereocenters. The molecule has 0 aliphatic carbocycles. The van der Waals surface area contributed by atoms with Crippen molar-refractivity contribution in [1.29, 1.82) is 0 Å². The van der Waals surface area contributed by atoms with Gasteiger partial charge in [0, 0.05) is 68.8 Å². The number of nitrogens with zero attached hydrogens (tertiary/aromatic N) is 8. The van der Waals surface area contributed by atoms with Gasteiger partial charge in [0.1, 0.15) is 69.9 Å². The third-order valence-electron chi connectivity index (χ3n) is 13.4. The first-order valence-corrected chi connectivity index (χ1v) is 23.3. The van der Waals surface area contributed by atoms with Gasteiger partial charge in [-0.15, -0.1) is 0 Å². The zero-order valence-electron chi connectivity index (χ0n) is 37.2. The summed E-state index contributed by atoms with van der Waals surface area (Å²) in [6, 6.07) is 40.1. The molecule has 0 fully saturated rings. The lowest BCUT2D eigenvalue weighted by Crippen LogP contribution is -2.27. The predicted molar refractivity (Wildman–Crippen MR) is 263 cm³/mol. The normalized spacial score (nSPS) is 15.2. The Morgan fingerprint density at radius 2 is 0.529 bits per heavy atom. The highest BCUT2D eigenvalue weighted by atomic mass is 16.6. The SMILES string of the molecule is c1ccc2c(c1)N=c1c-2c2nc3cc4c(cc3nc2c2c1=Nc1ccccc1-2)OCCOCCOc1cc2nc3c5c(c6c(c3nc2cc1OCCOCCO4)-c1ccccc1N=6)=Nc1ccccc1-5. The highest BCUT2D eigenvalue weighted by molar-refractivity contribution is 6.09. The van der Waals surface area contributed by atoms with Gasteiger partial charge in [0.2, 0.25) is 0 Å². The standard InChI is InChI=1S/C56H36N8O6/c1-5-13-33-29(9-1)45-49(57-33)50-46(30-10-2-6-14-34(30)58-50)54-53(45)61-37-25-41-42(26-38(37)62-54)68-22-18-66-20-24-70-44-28-40-39(27-43(44)69-23-19-65-17-21-67-41)63-55-47-31-11-3-7-15-35(31)59-51(47)52-48(56(55)64-40)32-12-4-8-16-36(32)60-52/h1-16,25-28H,17-24H2. The van der Waals surface area contributed by atoms with Crippen LogP contribution in [0, 0.1) is 0 Å². The smallest absolute Gasteiger partial charge is 0.163 e. The van der Waals surface area contributed by atoms with E-state index in [9.17, 15) is 0 Å². The van der Waals surface area contributed by atoms with Crippen molar-refractivity contribution in [2.75, 3.05) is 52.9 Å². The van der Waals surface area contributed by atoms with Gasteiger partial charge >= 0.3 is 0 Å². The molecule has 15 rings (SSSR count). The summed E-state index contributed by atoms with van der Waals surface area (Å²) in [6.07, 6.45) is 0. The quantitative estimate of drug-likeness (QED) is 0.135. The van der Waals surface area contributed by atoms with E-state index in [4.69, 9.17) is 68.3 Å². The molecule has 2 aromatic heterocycles. The Kier molecular flexibility index (Phi) is 8.64. The van der Waals surface area contributed by atoms with Gasteiger partial charge in [-0.1, -0.05) is 72.8 Å². The molecular formula is C56H36N8O6. The summed E-state index contributed by atoms with van der Waals surface area (Å²) in [7, 11) is 0. The molecule has 336 valence electrons. The third kappa shape index (κ3) is 5.99. The molecule has 0 saturated carbocycles. The minimum Gasteiger partial charge on any atom is -0.487 e. The van der Waals surface area contributed by atoms with E-state index in [1.165, 1.54) is 0 Å². The Labute approximate surface area is 396 Å². The second-order valence-corrected chi connectivity index (χ2v) is 17.4. The molecule has 14 heteroatoms. The molecule has 7 heterocycles. The van der Waals surface area contributed by atoms with E-state index in [0.29, 0.717) is 71.5 Å². The molecule has 0 amide bonds. The van der Waals surface area contributed by atoms with Crippen LogP contribution in [0.4, 0.5) is 22.7 Å². The Bertz CT molecular complexity index is 3700. The second-order valence-electron chi connectivity index (χ2n) is 17.4. The molecule has 0 radical (unpaired) electrons. The van der Waals surface area contributed by atoms with Crippen molar-refractivity contribution >= 4 is 66.9 Å². The number of hydrogen-bond donors (Lipinski definition) is 0. The van der Waals surface area contributed by atoms with Gasteiger partial charge in [-0.2, -0.15) is 0 Å². The summed E-state index contributed by atoms with van der Waals surface area (Å²) in [5, 5.41) is 3.25. The van der Waals surface area contributed by atoms with Crippen molar-refractivity contribution in [2.24, 2.45) is 20.0 Å². The predicted octanol–water partition coefficient (Wildman–Crippen LogP) is 8.87. The maximum atomic E-state index is 6.38. The van der Waals surface area contributed by atoms with Crippen LogP contribution in [0.2, 0.25) is 0 Å². The van der Waals surface area contributed by atoms with E-state index in [-0.39, 0.29) is 26.4 Å². The average molecular weight is 917 g/mol. The van der Waals surface area contributed by atoms with Crippen molar-refractivity contribution in [3.63, 3.8) is 0 Å². The number of benzene rings is 8. The second kappa shape index (κ2) is 15.4. The van der Waals surface area contributed by atoms with Crippen LogP contribution in [0.1, 0.15) is 0 Å². The number of rotatable bonds is 0. The highest BCUT2D eigenvalue weighted by Gasteiger charge is 2.30. The number of fused-ring (bicyclic) bond motifs is 24. The Morgan fingerprint density at radius 1 is 0.286 bits per heavy atom. The molecule has 0 bridgehead atoms. The minimum atomic E-state index is 0.251. The first-order chi connectivity index (χ1) is 34.7. The van der Waals surface area contributed by atoms with Crippen LogP contribution in [0.25, 0.3) is 88.6 Å². The first-order valence-electron chi connectivity index (χ1n) is 23.3. The largest absolute Gasteiger partial charge is 0.487 e. The minimum absolute atomic E-state index is 0.251. The maximum absolute atomic E-state index is 6.38. The Morgan fingerprint density at radius 3 is 0.786 bits per heavy atom. The molecule has 10 aromatic rings. The van der Waals surface area contributed by atoms with E-state index in [0.717, 1.165) is 111 Å². The van der Waals surface area contributed by atoms with Crippen LogP contribution in [0.15, 0.2) is 141 Å². The van der Waals surface area contributed by atoms with Crippen molar-refractivity contribution in [3.8, 4) is 67.5 Å². The number of aromatic nitrogens is 4. The van der Waals surface area contributed by atoms with Crippen LogP contribution >= 0.6 is 0 Å². The molecule has 5 aliphatic rings. The molecule has 0 saturated heterocycles. The Hall–Kier alpha value is -8.72. The summed E-state index contributed by atoms with van der Waals surface area (Å²) in [5.74, 6) is 2.09. The Balaban J connectivity index is 0.743. The van der Waals surface area contributed by atoms with Gasteiger partial charge in [0.15, 0.2) is 23.0 Å². The zero-order chi connectivity index (χ0) is 45.9. The monoisotopic (exact) mass is 916 g/mol. The van der Waals surface area contributed by atoms with Crippen molar-refractivity contribution in [3.05, 3.63) is 143 Å². The van der Waals surface area contributed by atoms with Crippen molar-refractivity contribution in [2.45, 2.75) is 0 Å². The molecule has 14 nitrogen and oxygen atoms in total. The van der Waals surface area contributed by atoms with Crippen LogP contribution in [0.5, 0.6) is 23.0 Å². The molecule has 70 heavy (non-hydrogen) atoms. The molecule has 0 N–H and O–H groups in total. The molecule has 0 spiro atoms. The summed E-state index contributed by atoms with van der Waals surface area (Å²) < 4.78 is 37.7. The number of para-hydroxylation sites is 4. The fourth-order valence-corrected chi connectivity index (χ4v) is 10.3. The van der Waals surface area contributed by atoms with Gasteiger partial charge < -0.3 is 28.4 Å². The van der Waals surface area contributed by atoms with Gasteiger partial charge in [0.25, 0.3) is 0 Å². The van der Waals surface area contributed by atoms with Gasteiger partial charge in [-0.3, -0.25) is 0 Å². The van der Waals surface area contributed by atoms with Gasteiger partial charge in [0.05, 0.1) is 71.2 Å². The van der Waals surface area contributed by atoms with Gasteiger partial charge in [-0.25, -0.2) is 39.9 Å². The van der Waals surface area contributed by atoms with Crippen molar-refractivity contribution in [1.82, 2.24) is 19.9 Å². The van der Waals surface area contributed by atoms with Crippen LogP contribution in [-0.2, 0) is 9.47 Å². The summed E-state index contributed by atoms with van der Waals surface area (Å²) in [6.45, 7) is 2.19. The lowest BCUT2D eigenvalue weighted by Gasteiger charge is -2.17. The fraction of sp³-hybridized carbons (Fsp3) is 0.143. The maximum Gasteiger partial charge on any atom is 0.163 e. The zero-order valence-corrected chi connectivity index (χ0v) is 37.2.